The van der Waals surface area contributed by atoms with Crippen LogP contribution in [0, 0.1) is 0 Å². The number of carbonyl (C=O) groups excluding carboxylic acids is 2. The summed E-state index contributed by atoms with van der Waals surface area (Å²) < 4.78 is 5.76. The number of carbonyl (C=O) groups is 2. The molecular formula is C23H17ClN2O3S. The normalized spacial score (nSPS) is 15.6. The number of ether oxygens (including phenoxy) is 1. The van der Waals surface area contributed by atoms with Crippen LogP contribution in [-0.4, -0.2) is 23.5 Å². The first kappa shape index (κ1) is 20.1. The highest BCUT2D eigenvalue weighted by atomic mass is 35.5. The zero-order valence-electron chi connectivity index (χ0n) is 16.0. The van der Waals surface area contributed by atoms with Crippen LogP contribution in [0.3, 0.4) is 0 Å². The van der Waals surface area contributed by atoms with Gasteiger partial charge in [0.2, 0.25) is 0 Å². The van der Waals surface area contributed by atoms with Gasteiger partial charge in [-0.1, -0.05) is 54.1 Å². The van der Waals surface area contributed by atoms with Gasteiger partial charge in [0.15, 0.2) is 5.11 Å². The van der Waals surface area contributed by atoms with E-state index in [1.165, 1.54) is 4.90 Å². The van der Waals surface area contributed by atoms with Crippen LogP contribution in [0.1, 0.15) is 12.5 Å². The maximum atomic E-state index is 13.3. The Morgan fingerprint density at radius 1 is 1.07 bits per heavy atom. The molecule has 150 valence electrons. The standard InChI is InChI=1S/C23H17ClN2O3S/c1-2-29-20-12-11-14-7-3-4-8-15(14)16(20)13-17-21(27)25-23(30)26(22(17)28)19-10-6-5-9-18(19)24/h3-13H,2H2,1H3,(H,25,27,30)/b17-13+. The molecule has 1 N–H and O–H groups in total. The summed E-state index contributed by atoms with van der Waals surface area (Å²) in [5.41, 5.74) is 1.00. The number of nitrogens with zero attached hydrogens (tertiary/aromatic N) is 1. The number of amides is 2. The van der Waals surface area contributed by atoms with Crippen molar-refractivity contribution in [1.29, 1.82) is 0 Å². The van der Waals surface area contributed by atoms with Crippen molar-refractivity contribution in [2.75, 3.05) is 11.5 Å². The third-order valence-corrected chi connectivity index (χ3v) is 5.32. The molecule has 3 aromatic rings. The number of nitrogens with one attached hydrogen (secondary N) is 1. The molecule has 2 amide bonds. The van der Waals surface area contributed by atoms with E-state index in [4.69, 9.17) is 28.6 Å². The van der Waals surface area contributed by atoms with Crippen molar-refractivity contribution >= 4 is 63.3 Å². The van der Waals surface area contributed by atoms with E-state index in [0.29, 0.717) is 28.6 Å². The van der Waals surface area contributed by atoms with E-state index in [0.717, 1.165) is 10.8 Å². The van der Waals surface area contributed by atoms with Crippen LogP contribution in [0.25, 0.3) is 16.8 Å². The Hall–Kier alpha value is -3.22. The molecule has 0 atom stereocenters. The van der Waals surface area contributed by atoms with E-state index >= 15 is 0 Å². The SMILES string of the molecule is CCOc1ccc2ccccc2c1/C=C1\C(=O)NC(=S)N(c2ccccc2Cl)C1=O. The van der Waals surface area contributed by atoms with Gasteiger partial charge in [-0.2, -0.15) is 0 Å². The minimum atomic E-state index is -0.566. The van der Waals surface area contributed by atoms with Crippen LogP contribution in [0.4, 0.5) is 5.69 Å². The zero-order valence-corrected chi connectivity index (χ0v) is 17.6. The molecular weight excluding hydrogens is 420 g/mol. The molecule has 1 heterocycles. The topological polar surface area (TPSA) is 58.6 Å². The summed E-state index contributed by atoms with van der Waals surface area (Å²) in [5, 5.41) is 4.76. The molecule has 1 aliphatic rings. The summed E-state index contributed by atoms with van der Waals surface area (Å²) in [4.78, 5) is 27.2. The molecule has 1 saturated heterocycles. The largest absolute Gasteiger partial charge is 0.493 e. The average molecular weight is 437 g/mol. The Labute approximate surface area is 183 Å². The highest BCUT2D eigenvalue weighted by Crippen LogP contribution is 2.33. The van der Waals surface area contributed by atoms with Crippen LogP contribution in [0.15, 0.2) is 66.2 Å². The predicted molar refractivity (Wildman–Crippen MR) is 123 cm³/mol. The number of hydrogen-bond donors (Lipinski definition) is 1. The average Bonchev–Trinajstić information content (AvgIpc) is 2.73. The van der Waals surface area contributed by atoms with Gasteiger partial charge in [0, 0.05) is 5.56 Å². The molecule has 5 nitrogen and oxygen atoms in total. The van der Waals surface area contributed by atoms with Crippen LogP contribution < -0.4 is 15.0 Å². The third-order valence-electron chi connectivity index (χ3n) is 4.71. The van der Waals surface area contributed by atoms with Gasteiger partial charge in [0.25, 0.3) is 11.8 Å². The second kappa shape index (κ2) is 8.26. The molecule has 0 spiro atoms. The summed E-state index contributed by atoms with van der Waals surface area (Å²) in [6.07, 6.45) is 1.55. The molecule has 4 rings (SSSR count). The van der Waals surface area contributed by atoms with Gasteiger partial charge in [-0.05, 0) is 54.2 Å². The molecule has 1 fully saturated rings. The quantitative estimate of drug-likeness (QED) is 0.365. The van der Waals surface area contributed by atoms with Gasteiger partial charge >= 0.3 is 0 Å². The van der Waals surface area contributed by atoms with E-state index < -0.39 is 11.8 Å². The molecule has 0 aliphatic carbocycles. The van der Waals surface area contributed by atoms with E-state index in [1.807, 2.05) is 43.3 Å². The number of halogens is 1. The fourth-order valence-corrected chi connectivity index (χ4v) is 3.85. The zero-order chi connectivity index (χ0) is 21.3. The van der Waals surface area contributed by atoms with Crippen molar-refractivity contribution in [3.63, 3.8) is 0 Å². The highest BCUT2D eigenvalue weighted by Gasteiger charge is 2.35. The fraction of sp³-hybridized carbons (Fsp3) is 0.0870. The van der Waals surface area contributed by atoms with Crippen LogP contribution in [-0.2, 0) is 9.59 Å². The molecule has 30 heavy (non-hydrogen) atoms. The maximum absolute atomic E-state index is 13.3. The van der Waals surface area contributed by atoms with Crippen molar-refractivity contribution in [3.8, 4) is 5.75 Å². The van der Waals surface area contributed by atoms with Gasteiger partial charge in [-0.25, -0.2) is 0 Å². The number of fused-ring (bicyclic) bond motifs is 1. The van der Waals surface area contributed by atoms with Crippen molar-refractivity contribution in [1.82, 2.24) is 5.32 Å². The lowest BCUT2D eigenvalue weighted by Crippen LogP contribution is -2.54. The Morgan fingerprint density at radius 3 is 2.57 bits per heavy atom. The fourth-order valence-electron chi connectivity index (χ4n) is 3.36. The first-order chi connectivity index (χ1) is 14.5. The lowest BCUT2D eigenvalue weighted by Gasteiger charge is -2.29. The van der Waals surface area contributed by atoms with Crippen molar-refractivity contribution in [2.45, 2.75) is 6.92 Å². The van der Waals surface area contributed by atoms with Crippen LogP contribution in [0.2, 0.25) is 5.02 Å². The molecule has 0 radical (unpaired) electrons. The molecule has 1 aliphatic heterocycles. The first-order valence-electron chi connectivity index (χ1n) is 9.31. The Bertz CT molecular complexity index is 1220. The molecule has 0 aromatic heterocycles. The Morgan fingerprint density at radius 2 is 1.80 bits per heavy atom. The third kappa shape index (κ3) is 3.56. The molecule has 7 heteroatoms. The van der Waals surface area contributed by atoms with E-state index in [1.54, 1.807) is 30.3 Å². The lowest BCUT2D eigenvalue weighted by molar-refractivity contribution is -0.122. The van der Waals surface area contributed by atoms with Gasteiger partial charge in [0.1, 0.15) is 11.3 Å². The summed E-state index contributed by atoms with van der Waals surface area (Å²) in [7, 11) is 0. The molecule has 0 saturated carbocycles. The van der Waals surface area contributed by atoms with E-state index in [2.05, 4.69) is 5.32 Å². The smallest absolute Gasteiger partial charge is 0.270 e. The minimum absolute atomic E-state index is 0.0156. The second-order valence-electron chi connectivity index (χ2n) is 6.54. The number of anilines is 1. The first-order valence-corrected chi connectivity index (χ1v) is 10.1. The highest BCUT2D eigenvalue weighted by molar-refractivity contribution is 7.80. The minimum Gasteiger partial charge on any atom is -0.493 e. The molecule has 3 aromatic carbocycles. The van der Waals surface area contributed by atoms with Gasteiger partial charge in [-0.15, -0.1) is 0 Å². The number of para-hydroxylation sites is 1. The van der Waals surface area contributed by atoms with Gasteiger partial charge in [-0.3, -0.25) is 19.8 Å². The summed E-state index contributed by atoms with van der Waals surface area (Å²) in [6, 6.07) is 18.3. The van der Waals surface area contributed by atoms with Crippen molar-refractivity contribution < 1.29 is 14.3 Å². The predicted octanol–water partition coefficient (Wildman–Crippen LogP) is 4.72. The van der Waals surface area contributed by atoms with Crippen LogP contribution in [0.5, 0.6) is 5.75 Å². The lowest BCUT2D eigenvalue weighted by atomic mass is 9.99. The number of thiocarbonyl (C=S) groups is 1. The van der Waals surface area contributed by atoms with Crippen molar-refractivity contribution in [3.05, 3.63) is 76.8 Å². The van der Waals surface area contributed by atoms with Gasteiger partial charge < -0.3 is 4.74 Å². The van der Waals surface area contributed by atoms with E-state index in [9.17, 15) is 9.59 Å². The number of rotatable bonds is 4. The van der Waals surface area contributed by atoms with E-state index in [-0.39, 0.29) is 10.7 Å². The Balaban J connectivity index is 1.88. The second-order valence-corrected chi connectivity index (χ2v) is 7.33. The number of hydrogen-bond acceptors (Lipinski definition) is 4. The Kier molecular flexibility index (Phi) is 5.53. The molecule has 0 bridgehead atoms. The van der Waals surface area contributed by atoms with Crippen molar-refractivity contribution in [2.24, 2.45) is 0 Å². The summed E-state index contributed by atoms with van der Waals surface area (Å²) in [6.45, 7) is 2.33. The number of benzene rings is 3. The van der Waals surface area contributed by atoms with Crippen LogP contribution >= 0.6 is 23.8 Å². The monoisotopic (exact) mass is 436 g/mol. The summed E-state index contributed by atoms with van der Waals surface area (Å²) in [5.74, 6) is -0.530. The van der Waals surface area contributed by atoms with Gasteiger partial charge in [0.05, 0.1) is 17.3 Å². The molecule has 0 unspecified atom stereocenters. The maximum Gasteiger partial charge on any atom is 0.270 e. The summed E-state index contributed by atoms with van der Waals surface area (Å²) >= 11 is 11.5.